The molecule has 0 bridgehead atoms. The molecule has 108 valence electrons. The van der Waals surface area contributed by atoms with Crippen molar-refractivity contribution in [3.05, 3.63) is 52.1 Å². The minimum atomic E-state index is 0.591. The van der Waals surface area contributed by atoms with Gasteiger partial charge in [0.05, 0.1) is 5.69 Å². The zero-order valence-electron chi connectivity index (χ0n) is 12.2. The molecule has 0 aliphatic heterocycles. The van der Waals surface area contributed by atoms with E-state index in [0.717, 1.165) is 30.9 Å². The van der Waals surface area contributed by atoms with Gasteiger partial charge in [0.15, 0.2) is 5.15 Å². The molecule has 0 saturated heterocycles. The second kappa shape index (κ2) is 7.46. The maximum atomic E-state index is 6.15. The Morgan fingerprint density at radius 3 is 2.80 bits per heavy atom. The highest BCUT2D eigenvalue weighted by molar-refractivity contribution is 6.30. The molecule has 0 spiro atoms. The third kappa shape index (κ3) is 4.09. The van der Waals surface area contributed by atoms with Crippen molar-refractivity contribution >= 4 is 11.6 Å². The Hall–Kier alpha value is -1.32. The van der Waals surface area contributed by atoms with Gasteiger partial charge in [0.25, 0.3) is 0 Å². The first-order valence-corrected chi connectivity index (χ1v) is 7.57. The molecule has 0 aliphatic rings. The van der Waals surface area contributed by atoms with Crippen molar-refractivity contribution in [3.8, 4) is 0 Å². The predicted octanol–water partition coefficient (Wildman–Crippen LogP) is 4.00. The van der Waals surface area contributed by atoms with E-state index >= 15 is 0 Å². The van der Waals surface area contributed by atoms with Crippen LogP contribution in [-0.4, -0.2) is 9.97 Å². The lowest BCUT2D eigenvalue weighted by molar-refractivity contribution is 0.676. The van der Waals surface area contributed by atoms with Gasteiger partial charge in [0.2, 0.25) is 0 Å². The van der Waals surface area contributed by atoms with Gasteiger partial charge in [-0.15, -0.1) is 0 Å². The summed E-state index contributed by atoms with van der Waals surface area (Å²) in [6.45, 7) is 5.86. The summed E-state index contributed by atoms with van der Waals surface area (Å²) in [5, 5.41) is 4.00. The number of aromatic amines is 1. The number of nitrogens with one attached hydrogen (secondary N) is 2. The minimum Gasteiger partial charge on any atom is -0.344 e. The number of nitrogens with zero attached hydrogens (tertiary/aromatic N) is 1. The smallest absolute Gasteiger partial charge is 0.151 e. The Morgan fingerprint density at radius 1 is 1.25 bits per heavy atom. The molecule has 2 rings (SSSR count). The topological polar surface area (TPSA) is 40.7 Å². The van der Waals surface area contributed by atoms with E-state index in [9.17, 15) is 0 Å². The molecule has 0 saturated carbocycles. The molecular weight excluding hydrogens is 270 g/mol. The highest BCUT2D eigenvalue weighted by Crippen LogP contribution is 2.14. The maximum Gasteiger partial charge on any atom is 0.151 e. The number of halogens is 1. The largest absolute Gasteiger partial charge is 0.344 e. The Balaban J connectivity index is 1.88. The van der Waals surface area contributed by atoms with E-state index in [1.165, 1.54) is 17.5 Å². The van der Waals surface area contributed by atoms with Gasteiger partial charge < -0.3 is 10.3 Å². The molecule has 0 amide bonds. The summed E-state index contributed by atoms with van der Waals surface area (Å²) in [5.74, 6) is 0.990. The van der Waals surface area contributed by atoms with Crippen molar-refractivity contribution in [1.29, 1.82) is 0 Å². The van der Waals surface area contributed by atoms with E-state index in [1.54, 1.807) is 0 Å². The van der Waals surface area contributed by atoms with E-state index < -0.39 is 0 Å². The fourth-order valence-electron chi connectivity index (χ4n) is 2.15. The first-order chi connectivity index (χ1) is 9.70. The third-order valence-electron chi connectivity index (χ3n) is 3.42. The second-order valence-corrected chi connectivity index (χ2v) is 5.44. The first kappa shape index (κ1) is 15.1. The van der Waals surface area contributed by atoms with Crippen molar-refractivity contribution < 1.29 is 0 Å². The van der Waals surface area contributed by atoms with Crippen LogP contribution in [0.5, 0.6) is 0 Å². The Kier molecular flexibility index (Phi) is 5.62. The molecule has 20 heavy (non-hydrogen) atoms. The number of H-pyrrole nitrogens is 1. The molecule has 1 heterocycles. The average Bonchev–Trinajstić information content (AvgIpc) is 2.79. The van der Waals surface area contributed by atoms with Crippen molar-refractivity contribution in [1.82, 2.24) is 15.3 Å². The molecule has 0 atom stereocenters. The van der Waals surface area contributed by atoms with Crippen LogP contribution >= 0.6 is 11.6 Å². The van der Waals surface area contributed by atoms with Gasteiger partial charge in [-0.2, -0.15) is 0 Å². The first-order valence-electron chi connectivity index (χ1n) is 7.19. The maximum absolute atomic E-state index is 6.15. The average molecular weight is 292 g/mol. The Bertz CT molecular complexity index is 548. The molecule has 0 radical (unpaired) electrons. The number of aromatic nitrogens is 2. The summed E-state index contributed by atoms with van der Waals surface area (Å²) in [5.41, 5.74) is 3.60. The van der Waals surface area contributed by atoms with Crippen molar-refractivity contribution in [3.63, 3.8) is 0 Å². The van der Waals surface area contributed by atoms with E-state index in [1.807, 2.05) is 0 Å². The van der Waals surface area contributed by atoms with Crippen LogP contribution in [-0.2, 0) is 19.5 Å². The van der Waals surface area contributed by atoms with Gasteiger partial charge in [-0.3, -0.25) is 0 Å². The summed E-state index contributed by atoms with van der Waals surface area (Å²) in [6, 6.07) is 8.40. The number of hydrogen-bond acceptors (Lipinski definition) is 2. The minimum absolute atomic E-state index is 0.591. The molecule has 4 heteroatoms. The molecule has 3 nitrogen and oxygen atoms in total. The van der Waals surface area contributed by atoms with E-state index in [2.05, 4.69) is 53.4 Å². The van der Waals surface area contributed by atoms with Crippen LogP contribution in [0.1, 0.15) is 42.4 Å². The van der Waals surface area contributed by atoms with Crippen LogP contribution in [0.25, 0.3) is 0 Å². The summed E-state index contributed by atoms with van der Waals surface area (Å²) < 4.78 is 0. The monoisotopic (exact) mass is 291 g/mol. The zero-order valence-corrected chi connectivity index (χ0v) is 12.9. The standard InChI is InChI=1S/C16H22ClN3/c1-3-4-9-15-19-14(16(17)20-15)11-18-10-13-8-6-5-7-12(13)2/h5-8,18H,3-4,9-11H2,1-2H3,(H,19,20). The molecule has 0 unspecified atom stereocenters. The van der Waals surface area contributed by atoms with E-state index in [-0.39, 0.29) is 0 Å². The molecule has 2 N–H and O–H groups in total. The molecule has 0 aliphatic carbocycles. The van der Waals surface area contributed by atoms with E-state index in [4.69, 9.17) is 11.6 Å². The predicted molar refractivity (Wildman–Crippen MR) is 83.9 cm³/mol. The van der Waals surface area contributed by atoms with Crippen LogP contribution < -0.4 is 5.32 Å². The van der Waals surface area contributed by atoms with Crippen LogP contribution in [0.4, 0.5) is 0 Å². The van der Waals surface area contributed by atoms with Gasteiger partial charge in [0.1, 0.15) is 5.82 Å². The fourth-order valence-corrected chi connectivity index (χ4v) is 2.37. The number of hydrogen-bond donors (Lipinski definition) is 2. The van der Waals surface area contributed by atoms with Gasteiger partial charge in [-0.1, -0.05) is 49.2 Å². The SMILES string of the molecule is CCCCc1nc(Cl)c(CNCc2ccccc2C)[nH]1. The fraction of sp³-hybridized carbons (Fsp3) is 0.438. The molecule has 2 aromatic rings. The number of aryl methyl sites for hydroxylation is 2. The Labute approximate surface area is 125 Å². The van der Waals surface area contributed by atoms with Gasteiger partial charge >= 0.3 is 0 Å². The Morgan fingerprint density at radius 2 is 2.05 bits per heavy atom. The lowest BCUT2D eigenvalue weighted by atomic mass is 10.1. The summed E-state index contributed by atoms with van der Waals surface area (Å²) in [4.78, 5) is 7.67. The highest BCUT2D eigenvalue weighted by atomic mass is 35.5. The lowest BCUT2D eigenvalue weighted by Gasteiger charge is -2.06. The lowest BCUT2D eigenvalue weighted by Crippen LogP contribution is -2.14. The van der Waals surface area contributed by atoms with Crippen LogP contribution in [0.15, 0.2) is 24.3 Å². The normalized spacial score (nSPS) is 10.9. The van der Waals surface area contributed by atoms with Crippen molar-refractivity contribution in [2.45, 2.75) is 46.2 Å². The summed E-state index contributed by atoms with van der Waals surface area (Å²) in [7, 11) is 0. The summed E-state index contributed by atoms with van der Waals surface area (Å²) >= 11 is 6.15. The third-order valence-corrected chi connectivity index (χ3v) is 3.74. The highest BCUT2D eigenvalue weighted by Gasteiger charge is 2.07. The van der Waals surface area contributed by atoms with Crippen LogP contribution in [0.2, 0.25) is 5.15 Å². The molecule has 1 aromatic heterocycles. The van der Waals surface area contributed by atoms with Gasteiger partial charge in [-0.25, -0.2) is 4.98 Å². The number of benzene rings is 1. The number of unbranched alkanes of at least 4 members (excludes halogenated alkanes) is 1. The van der Waals surface area contributed by atoms with Gasteiger partial charge in [-0.05, 0) is 24.5 Å². The molecule has 1 aromatic carbocycles. The molecule has 0 fully saturated rings. The van der Waals surface area contributed by atoms with Crippen molar-refractivity contribution in [2.75, 3.05) is 0 Å². The van der Waals surface area contributed by atoms with Gasteiger partial charge in [0, 0.05) is 19.5 Å². The quantitative estimate of drug-likeness (QED) is 0.809. The number of imidazole rings is 1. The van der Waals surface area contributed by atoms with Crippen LogP contribution in [0.3, 0.4) is 0 Å². The van der Waals surface area contributed by atoms with Crippen molar-refractivity contribution in [2.24, 2.45) is 0 Å². The van der Waals surface area contributed by atoms with Crippen LogP contribution in [0, 0.1) is 6.92 Å². The number of rotatable bonds is 7. The summed E-state index contributed by atoms with van der Waals surface area (Å²) in [6.07, 6.45) is 3.27. The zero-order chi connectivity index (χ0) is 14.4. The second-order valence-electron chi connectivity index (χ2n) is 5.09. The molecular formula is C16H22ClN3. The van der Waals surface area contributed by atoms with E-state index in [0.29, 0.717) is 11.7 Å².